The largest absolute Gasteiger partial charge is 0.481 e. The zero-order valence-corrected chi connectivity index (χ0v) is 12.2. The zero-order valence-electron chi connectivity index (χ0n) is 12.2. The lowest BCUT2D eigenvalue weighted by molar-refractivity contribution is -0.384. The van der Waals surface area contributed by atoms with Gasteiger partial charge in [0.15, 0.2) is 12.4 Å². The fourth-order valence-corrected chi connectivity index (χ4v) is 1.91. The van der Waals surface area contributed by atoms with Crippen LogP contribution in [0, 0.1) is 10.1 Å². The minimum atomic E-state index is -0.503. The Balaban J connectivity index is 2.08. The number of anilines is 2. The van der Waals surface area contributed by atoms with E-state index in [0.29, 0.717) is 31.1 Å². The second kappa shape index (κ2) is 6.90. The maximum atomic E-state index is 11.3. The van der Waals surface area contributed by atoms with Gasteiger partial charge in [-0.25, -0.2) is 0 Å². The average Bonchev–Trinajstić information content (AvgIpc) is 2.45. The monoisotopic (exact) mass is 307 g/mol. The molecule has 0 radical (unpaired) electrons. The molecule has 8 nitrogen and oxygen atoms in total. The first-order valence-corrected chi connectivity index (χ1v) is 6.68. The third-order valence-corrected chi connectivity index (χ3v) is 2.84. The van der Waals surface area contributed by atoms with Crippen LogP contribution in [0.1, 0.15) is 6.92 Å². The SMILES string of the molecule is C=C(C)COCCNc1cc2c(cc1[N+](=O)[O-])OCC(=O)N2. The van der Waals surface area contributed by atoms with Gasteiger partial charge in [0.05, 0.1) is 29.9 Å². The smallest absolute Gasteiger partial charge is 0.296 e. The number of nitrogens with zero attached hydrogens (tertiary/aromatic N) is 1. The first-order valence-electron chi connectivity index (χ1n) is 6.68. The molecule has 0 saturated carbocycles. The number of nitro benzene ring substituents is 1. The molecule has 0 saturated heterocycles. The van der Waals surface area contributed by atoms with E-state index in [9.17, 15) is 14.9 Å². The minimum absolute atomic E-state index is 0.116. The maximum Gasteiger partial charge on any atom is 0.296 e. The van der Waals surface area contributed by atoms with Gasteiger partial charge in [0.2, 0.25) is 0 Å². The van der Waals surface area contributed by atoms with Crippen molar-refractivity contribution in [2.75, 3.05) is 37.0 Å². The first-order chi connectivity index (χ1) is 10.5. The van der Waals surface area contributed by atoms with E-state index >= 15 is 0 Å². The number of nitrogens with one attached hydrogen (secondary N) is 2. The van der Waals surface area contributed by atoms with Gasteiger partial charge in [-0.3, -0.25) is 14.9 Å². The molecular formula is C14H17N3O5. The van der Waals surface area contributed by atoms with Gasteiger partial charge in [0, 0.05) is 6.54 Å². The standard InChI is InChI=1S/C14H17N3O5/c1-9(2)7-21-4-3-15-10-5-11-13(6-12(10)17(19)20)22-8-14(18)16-11/h5-6,15H,1,3-4,7-8H2,2H3,(H,16,18). The number of ether oxygens (including phenoxy) is 2. The van der Waals surface area contributed by atoms with Crippen LogP contribution >= 0.6 is 0 Å². The van der Waals surface area contributed by atoms with Gasteiger partial charge in [-0.2, -0.15) is 0 Å². The summed E-state index contributed by atoms with van der Waals surface area (Å²) in [5.41, 5.74) is 1.50. The highest BCUT2D eigenvalue weighted by Gasteiger charge is 2.23. The van der Waals surface area contributed by atoms with Crippen molar-refractivity contribution < 1.29 is 19.2 Å². The number of rotatable bonds is 7. The Morgan fingerprint density at radius 3 is 3.05 bits per heavy atom. The lowest BCUT2D eigenvalue weighted by atomic mass is 10.2. The van der Waals surface area contributed by atoms with Crippen molar-refractivity contribution in [3.8, 4) is 5.75 Å². The lowest BCUT2D eigenvalue weighted by Gasteiger charge is -2.19. The maximum absolute atomic E-state index is 11.3. The molecule has 2 rings (SSSR count). The third-order valence-electron chi connectivity index (χ3n) is 2.84. The van der Waals surface area contributed by atoms with E-state index < -0.39 is 4.92 Å². The van der Waals surface area contributed by atoms with Gasteiger partial charge in [-0.05, 0) is 13.0 Å². The van der Waals surface area contributed by atoms with Gasteiger partial charge in [0.25, 0.3) is 11.6 Å². The van der Waals surface area contributed by atoms with Gasteiger partial charge < -0.3 is 20.1 Å². The highest BCUT2D eigenvalue weighted by molar-refractivity contribution is 5.96. The predicted molar refractivity (Wildman–Crippen MR) is 81.3 cm³/mol. The molecule has 0 fully saturated rings. The van der Waals surface area contributed by atoms with E-state index in [4.69, 9.17) is 9.47 Å². The van der Waals surface area contributed by atoms with Crippen LogP contribution in [0.4, 0.5) is 17.1 Å². The second-order valence-electron chi connectivity index (χ2n) is 4.90. The van der Waals surface area contributed by atoms with Gasteiger partial charge in [0.1, 0.15) is 5.69 Å². The number of benzene rings is 1. The number of carbonyl (C=O) groups is 1. The number of carbonyl (C=O) groups excluding carboxylic acids is 1. The Bertz CT molecular complexity index is 615. The van der Waals surface area contributed by atoms with Gasteiger partial charge in [-0.1, -0.05) is 12.2 Å². The molecule has 1 aromatic carbocycles. The van der Waals surface area contributed by atoms with E-state index in [1.807, 2.05) is 6.92 Å². The molecule has 22 heavy (non-hydrogen) atoms. The molecule has 2 N–H and O–H groups in total. The number of hydrogen-bond donors (Lipinski definition) is 2. The zero-order chi connectivity index (χ0) is 16.1. The van der Waals surface area contributed by atoms with Crippen LogP contribution in [0.5, 0.6) is 5.75 Å². The molecule has 1 heterocycles. The highest BCUT2D eigenvalue weighted by Crippen LogP contribution is 2.37. The van der Waals surface area contributed by atoms with E-state index in [-0.39, 0.29) is 24.0 Å². The van der Waals surface area contributed by atoms with Crippen molar-refractivity contribution in [2.24, 2.45) is 0 Å². The summed E-state index contributed by atoms with van der Waals surface area (Å²) in [7, 11) is 0. The molecule has 0 aromatic heterocycles. The van der Waals surface area contributed by atoms with Crippen LogP contribution in [-0.4, -0.2) is 37.2 Å². The summed E-state index contributed by atoms with van der Waals surface area (Å²) in [5, 5.41) is 16.7. The first kappa shape index (κ1) is 15.8. The van der Waals surface area contributed by atoms with Crippen molar-refractivity contribution in [3.05, 3.63) is 34.4 Å². The Hall–Kier alpha value is -2.61. The predicted octanol–water partition coefficient (Wildman–Crippen LogP) is 1.93. The van der Waals surface area contributed by atoms with Crippen LogP contribution in [-0.2, 0) is 9.53 Å². The quantitative estimate of drug-likeness (QED) is 0.345. The fraction of sp³-hybridized carbons (Fsp3) is 0.357. The second-order valence-corrected chi connectivity index (χ2v) is 4.90. The van der Waals surface area contributed by atoms with Crippen molar-refractivity contribution >= 4 is 23.0 Å². The summed E-state index contributed by atoms with van der Waals surface area (Å²) in [6.07, 6.45) is 0. The summed E-state index contributed by atoms with van der Waals surface area (Å²) in [5.74, 6) is -0.00697. The van der Waals surface area contributed by atoms with Crippen molar-refractivity contribution in [1.82, 2.24) is 0 Å². The van der Waals surface area contributed by atoms with Crippen molar-refractivity contribution in [3.63, 3.8) is 0 Å². The van der Waals surface area contributed by atoms with Crippen LogP contribution in [0.25, 0.3) is 0 Å². The summed E-state index contributed by atoms with van der Waals surface area (Å²) in [6.45, 7) is 6.63. The highest BCUT2D eigenvalue weighted by atomic mass is 16.6. The van der Waals surface area contributed by atoms with Crippen LogP contribution in [0.3, 0.4) is 0 Å². The molecule has 1 aliphatic rings. The molecule has 1 aliphatic heterocycles. The number of amides is 1. The summed E-state index contributed by atoms with van der Waals surface area (Å²) in [4.78, 5) is 21.9. The Kier molecular flexibility index (Phi) is 4.95. The van der Waals surface area contributed by atoms with E-state index in [1.165, 1.54) is 12.1 Å². The molecule has 0 unspecified atom stereocenters. The molecule has 0 atom stereocenters. The van der Waals surface area contributed by atoms with E-state index in [2.05, 4.69) is 17.2 Å². The topological polar surface area (TPSA) is 103 Å². The molecule has 0 aliphatic carbocycles. The minimum Gasteiger partial charge on any atom is -0.481 e. The summed E-state index contributed by atoms with van der Waals surface area (Å²) < 4.78 is 10.5. The molecule has 118 valence electrons. The molecule has 1 aromatic rings. The van der Waals surface area contributed by atoms with Crippen molar-refractivity contribution in [1.29, 1.82) is 0 Å². The summed E-state index contributed by atoms with van der Waals surface area (Å²) >= 11 is 0. The van der Waals surface area contributed by atoms with E-state index in [0.717, 1.165) is 5.57 Å². The van der Waals surface area contributed by atoms with Gasteiger partial charge >= 0.3 is 0 Å². The Labute approximate surface area is 127 Å². The average molecular weight is 307 g/mol. The van der Waals surface area contributed by atoms with Crippen LogP contribution in [0.15, 0.2) is 24.3 Å². The molecule has 0 spiro atoms. The molecule has 1 amide bonds. The lowest BCUT2D eigenvalue weighted by Crippen LogP contribution is -2.25. The van der Waals surface area contributed by atoms with Gasteiger partial charge in [-0.15, -0.1) is 0 Å². The third kappa shape index (κ3) is 3.95. The van der Waals surface area contributed by atoms with Crippen LogP contribution < -0.4 is 15.4 Å². The Morgan fingerprint density at radius 1 is 1.59 bits per heavy atom. The molecule has 8 heteroatoms. The normalized spacial score (nSPS) is 12.9. The van der Waals surface area contributed by atoms with Crippen molar-refractivity contribution in [2.45, 2.75) is 6.92 Å². The molecular weight excluding hydrogens is 290 g/mol. The molecule has 0 bridgehead atoms. The number of nitro groups is 1. The van der Waals surface area contributed by atoms with Crippen LogP contribution in [0.2, 0.25) is 0 Å². The number of fused-ring (bicyclic) bond motifs is 1. The fourth-order valence-electron chi connectivity index (χ4n) is 1.91. The Morgan fingerprint density at radius 2 is 2.36 bits per heavy atom. The van der Waals surface area contributed by atoms with E-state index in [1.54, 1.807) is 0 Å². The number of hydrogen-bond acceptors (Lipinski definition) is 6. The summed E-state index contributed by atoms with van der Waals surface area (Å²) in [6, 6.07) is 2.79.